The third kappa shape index (κ3) is 4.29. The topological polar surface area (TPSA) is 69.7 Å². The first kappa shape index (κ1) is 19.5. The Morgan fingerprint density at radius 1 is 1.07 bits per heavy atom. The van der Waals surface area contributed by atoms with Crippen LogP contribution in [0.4, 0.5) is 11.4 Å². The summed E-state index contributed by atoms with van der Waals surface area (Å²) in [7, 11) is 0. The first-order valence-corrected chi connectivity index (χ1v) is 10.7. The van der Waals surface area contributed by atoms with Gasteiger partial charge >= 0.3 is 0 Å². The van der Waals surface area contributed by atoms with E-state index in [9.17, 15) is 14.4 Å². The SMILES string of the molecule is Cc1ccc(NC(=O)CN2C(=O)CSc3ccc(C(=O)N4CCCC4)cc32)cc1. The summed E-state index contributed by atoms with van der Waals surface area (Å²) in [5.41, 5.74) is 2.99. The maximum atomic E-state index is 12.7. The average molecular weight is 410 g/mol. The number of anilines is 2. The predicted molar refractivity (Wildman–Crippen MR) is 114 cm³/mol. The summed E-state index contributed by atoms with van der Waals surface area (Å²) >= 11 is 1.44. The number of hydrogen-bond donors (Lipinski definition) is 1. The van der Waals surface area contributed by atoms with Crippen LogP contribution in [0.5, 0.6) is 0 Å². The number of carbonyl (C=O) groups excluding carboxylic acids is 3. The average Bonchev–Trinajstić information content (AvgIpc) is 3.26. The number of likely N-dealkylation sites (tertiary alicyclic amines) is 1. The quantitative estimate of drug-likeness (QED) is 0.841. The molecule has 2 aliphatic rings. The molecule has 0 aliphatic carbocycles. The van der Waals surface area contributed by atoms with Crippen LogP contribution in [-0.4, -0.2) is 48.0 Å². The highest BCUT2D eigenvalue weighted by Crippen LogP contribution is 2.36. The molecule has 0 radical (unpaired) electrons. The molecular formula is C22H23N3O3S. The van der Waals surface area contributed by atoms with E-state index in [1.54, 1.807) is 6.07 Å². The maximum Gasteiger partial charge on any atom is 0.253 e. The minimum atomic E-state index is -0.267. The number of nitrogens with zero attached hydrogens (tertiary/aromatic N) is 2. The van der Waals surface area contributed by atoms with Gasteiger partial charge in [0, 0.05) is 29.2 Å². The number of aryl methyl sites for hydroxylation is 1. The molecule has 1 N–H and O–H groups in total. The highest BCUT2D eigenvalue weighted by molar-refractivity contribution is 8.00. The molecule has 0 bridgehead atoms. The summed E-state index contributed by atoms with van der Waals surface area (Å²) in [5.74, 6) is -0.134. The Morgan fingerprint density at radius 3 is 2.52 bits per heavy atom. The maximum absolute atomic E-state index is 12.7. The van der Waals surface area contributed by atoms with Crippen LogP contribution in [-0.2, 0) is 9.59 Å². The number of rotatable bonds is 4. The molecule has 7 heteroatoms. The highest BCUT2D eigenvalue weighted by Gasteiger charge is 2.28. The first-order valence-electron chi connectivity index (χ1n) is 9.74. The molecule has 2 aromatic rings. The lowest BCUT2D eigenvalue weighted by atomic mass is 10.1. The van der Waals surface area contributed by atoms with Crippen LogP contribution in [0.3, 0.4) is 0 Å². The zero-order chi connectivity index (χ0) is 20.4. The zero-order valence-corrected chi connectivity index (χ0v) is 17.1. The summed E-state index contributed by atoms with van der Waals surface area (Å²) in [4.78, 5) is 42.1. The van der Waals surface area contributed by atoms with Gasteiger partial charge in [-0.1, -0.05) is 17.7 Å². The highest BCUT2D eigenvalue weighted by atomic mass is 32.2. The van der Waals surface area contributed by atoms with Gasteiger partial charge in [-0.05, 0) is 50.1 Å². The van der Waals surface area contributed by atoms with Crippen molar-refractivity contribution in [2.24, 2.45) is 0 Å². The number of benzene rings is 2. The predicted octanol–water partition coefficient (Wildman–Crippen LogP) is 3.31. The van der Waals surface area contributed by atoms with Gasteiger partial charge in [-0.3, -0.25) is 14.4 Å². The molecule has 0 spiro atoms. The van der Waals surface area contributed by atoms with Gasteiger partial charge < -0.3 is 15.1 Å². The molecule has 1 saturated heterocycles. The lowest BCUT2D eigenvalue weighted by molar-refractivity contribution is -0.120. The molecule has 29 heavy (non-hydrogen) atoms. The second-order valence-electron chi connectivity index (χ2n) is 7.36. The Hall–Kier alpha value is -2.80. The van der Waals surface area contributed by atoms with Crippen LogP contribution < -0.4 is 10.2 Å². The van der Waals surface area contributed by atoms with Crippen LogP contribution in [0.25, 0.3) is 0 Å². The molecule has 1 fully saturated rings. The van der Waals surface area contributed by atoms with Crippen molar-refractivity contribution in [1.82, 2.24) is 4.90 Å². The van der Waals surface area contributed by atoms with Gasteiger partial charge in [0.25, 0.3) is 5.91 Å². The van der Waals surface area contributed by atoms with E-state index in [2.05, 4.69) is 5.32 Å². The number of carbonyl (C=O) groups is 3. The largest absolute Gasteiger partial charge is 0.339 e. The summed E-state index contributed by atoms with van der Waals surface area (Å²) in [6.07, 6.45) is 2.05. The number of nitrogens with one attached hydrogen (secondary N) is 1. The lowest BCUT2D eigenvalue weighted by Crippen LogP contribution is -2.41. The van der Waals surface area contributed by atoms with Crippen molar-refractivity contribution in [3.8, 4) is 0 Å². The minimum absolute atomic E-state index is 0.0163. The molecule has 0 atom stereocenters. The van der Waals surface area contributed by atoms with E-state index >= 15 is 0 Å². The van der Waals surface area contributed by atoms with Crippen LogP contribution >= 0.6 is 11.8 Å². The van der Waals surface area contributed by atoms with Crippen LogP contribution in [0.2, 0.25) is 0 Å². The van der Waals surface area contributed by atoms with Gasteiger partial charge in [-0.15, -0.1) is 11.8 Å². The van der Waals surface area contributed by atoms with Gasteiger partial charge in [0.05, 0.1) is 11.4 Å². The van der Waals surface area contributed by atoms with Gasteiger partial charge in [-0.2, -0.15) is 0 Å². The summed E-state index contributed by atoms with van der Waals surface area (Å²) < 4.78 is 0. The number of amides is 3. The summed E-state index contributed by atoms with van der Waals surface area (Å²) in [5, 5.41) is 2.84. The fraction of sp³-hybridized carbons (Fsp3) is 0.318. The lowest BCUT2D eigenvalue weighted by Gasteiger charge is -2.29. The molecule has 2 aromatic carbocycles. The molecule has 6 nitrogen and oxygen atoms in total. The van der Waals surface area contributed by atoms with Crippen molar-refractivity contribution >= 4 is 40.9 Å². The second kappa shape index (κ2) is 8.29. The van der Waals surface area contributed by atoms with E-state index < -0.39 is 0 Å². The third-order valence-electron chi connectivity index (χ3n) is 5.18. The Kier molecular flexibility index (Phi) is 5.58. The first-order chi connectivity index (χ1) is 14.0. The fourth-order valence-electron chi connectivity index (χ4n) is 3.59. The molecule has 0 unspecified atom stereocenters. The Labute approximate surface area is 174 Å². The molecule has 2 heterocycles. The molecular weight excluding hydrogens is 386 g/mol. The second-order valence-corrected chi connectivity index (χ2v) is 8.38. The van der Waals surface area contributed by atoms with Crippen molar-refractivity contribution in [2.75, 3.05) is 35.6 Å². The van der Waals surface area contributed by atoms with Gasteiger partial charge in [0.2, 0.25) is 11.8 Å². The van der Waals surface area contributed by atoms with Gasteiger partial charge in [0.15, 0.2) is 0 Å². The normalized spacial score (nSPS) is 16.0. The van der Waals surface area contributed by atoms with Gasteiger partial charge in [0.1, 0.15) is 6.54 Å². The summed E-state index contributed by atoms with van der Waals surface area (Å²) in [6, 6.07) is 12.9. The summed E-state index contributed by atoms with van der Waals surface area (Å²) in [6.45, 7) is 3.44. The fourth-order valence-corrected chi connectivity index (χ4v) is 4.51. The van der Waals surface area contributed by atoms with Crippen molar-refractivity contribution in [1.29, 1.82) is 0 Å². The zero-order valence-electron chi connectivity index (χ0n) is 16.3. The Morgan fingerprint density at radius 2 is 1.79 bits per heavy atom. The molecule has 4 rings (SSSR count). The van der Waals surface area contributed by atoms with Crippen molar-refractivity contribution in [3.63, 3.8) is 0 Å². The molecule has 3 amide bonds. The van der Waals surface area contributed by atoms with Crippen molar-refractivity contribution in [3.05, 3.63) is 53.6 Å². The molecule has 150 valence electrons. The van der Waals surface area contributed by atoms with E-state index in [-0.39, 0.29) is 30.0 Å². The minimum Gasteiger partial charge on any atom is -0.339 e. The molecule has 0 saturated carbocycles. The van der Waals surface area contributed by atoms with E-state index in [4.69, 9.17) is 0 Å². The van der Waals surface area contributed by atoms with Crippen molar-refractivity contribution in [2.45, 2.75) is 24.7 Å². The number of thioether (sulfide) groups is 1. The smallest absolute Gasteiger partial charge is 0.253 e. The van der Waals surface area contributed by atoms with Gasteiger partial charge in [-0.25, -0.2) is 0 Å². The van der Waals surface area contributed by atoms with E-state index in [1.807, 2.05) is 48.2 Å². The van der Waals surface area contributed by atoms with Crippen LogP contribution in [0.15, 0.2) is 47.4 Å². The number of hydrogen-bond acceptors (Lipinski definition) is 4. The van der Waals surface area contributed by atoms with E-state index in [1.165, 1.54) is 16.7 Å². The van der Waals surface area contributed by atoms with Crippen molar-refractivity contribution < 1.29 is 14.4 Å². The Bertz CT molecular complexity index is 952. The van der Waals surface area contributed by atoms with Crippen LogP contribution in [0, 0.1) is 6.92 Å². The molecule has 0 aromatic heterocycles. The third-order valence-corrected chi connectivity index (χ3v) is 6.23. The van der Waals surface area contributed by atoms with E-state index in [0.717, 1.165) is 36.4 Å². The standard InChI is InChI=1S/C22H23N3O3S/c1-15-4-7-17(8-5-15)23-20(26)13-25-18-12-16(22(28)24-10-2-3-11-24)6-9-19(18)29-14-21(25)27/h4-9,12H,2-3,10-11,13-14H2,1H3,(H,23,26). The Balaban J connectivity index is 1.54. The monoisotopic (exact) mass is 409 g/mol. The van der Waals surface area contributed by atoms with Crippen LogP contribution in [0.1, 0.15) is 28.8 Å². The number of fused-ring (bicyclic) bond motifs is 1. The van der Waals surface area contributed by atoms with E-state index in [0.29, 0.717) is 16.9 Å². The molecule has 2 aliphatic heterocycles.